The first kappa shape index (κ1) is 18.7. The van der Waals surface area contributed by atoms with E-state index in [9.17, 15) is 15.8 Å². The predicted molar refractivity (Wildman–Crippen MR) is 104 cm³/mol. The van der Waals surface area contributed by atoms with Crippen LogP contribution in [0.2, 0.25) is 0 Å². The molecule has 2 N–H and O–H groups in total. The van der Waals surface area contributed by atoms with E-state index in [0.29, 0.717) is 12.3 Å². The highest BCUT2D eigenvalue weighted by Crippen LogP contribution is 2.52. The van der Waals surface area contributed by atoms with Crippen LogP contribution in [0.4, 0.5) is 0 Å². The number of nitrogens with one attached hydrogen (secondary N) is 2. The highest BCUT2D eigenvalue weighted by molar-refractivity contribution is 6.00. The van der Waals surface area contributed by atoms with Crippen molar-refractivity contribution < 1.29 is 9.32 Å². The lowest BCUT2D eigenvalue weighted by Crippen LogP contribution is -3.12. The average molecular weight is 382 g/mol. The van der Waals surface area contributed by atoms with Gasteiger partial charge in [-0.2, -0.15) is 15.8 Å². The van der Waals surface area contributed by atoms with Crippen LogP contribution in [0.1, 0.15) is 17.2 Å². The third kappa shape index (κ3) is 2.93. The fourth-order valence-electron chi connectivity index (χ4n) is 4.76. The van der Waals surface area contributed by atoms with Crippen LogP contribution in [0.25, 0.3) is 0 Å². The first-order valence-electron chi connectivity index (χ1n) is 9.56. The number of hydrogen-bond donors (Lipinski definition) is 2. The minimum atomic E-state index is -1.71. The third-order valence-corrected chi connectivity index (χ3v) is 6.11. The number of nitriles is 3. The van der Waals surface area contributed by atoms with Gasteiger partial charge in [0.2, 0.25) is 0 Å². The number of benzene rings is 1. The normalized spacial score (nSPS) is 27.6. The van der Waals surface area contributed by atoms with E-state index in [1.807, 2.05) is 24.3 Å². The Bertz CT molecular complexity index is 1050. The number of rotatable bonds is 3. The topological polar surface area (TPSA) is 113 Å². The summed E-state index contributed by atoms with van der Waals surface area (Å²) in [7, 11) is 0. The van der Waals surface area contributed by atoms with Crippen molar-refractivity contribution in [3.05, 3.63) is 71.7 Å². The molecule has 1 aliphatic heterocycles. The lowest BCUT2D eigenvalue weighted by molar-refractivity contribution is -0.913. The lowest BCUT2D eigenvalue weighted by atomic mass is 9.55. The Morgan fingerprint density at radius 2 is 1.86 bits per heavy atom. The molecule has 29 heavy (non-hydrogen) atoms. The molecule has 4 rings (SSSR count). The second-order valence-electron chi connectivity index (χ2n) is 7.63. The molecule has 142 valence electrons. The molecule has 1 aliphatic carbocycles. The Hall–Kier alpha value is -3.66. The SMILES string of the molecule is N#CC1C(=N)C(C#N)(C#N)[C@@H](c2ccco2)[C@@H]2C[NH+](Cc3ccccc3)CC=C12. The van der Waals surface area contributed by atoms with Crippen LogP contribution in [-0.2, 0) is 6.54 Å². The van der Waals surface area contributed by atoms with Gasteiger partial charge in [-0.25, -0.2) is 0 Å². The van der Waals surface area contributed by atoms with Gasteiger partial charge in [-0.1, -0.05) is 30.3 Å². The molecule has 4 atom stereocenters. The summed E-state index contributed by atoms with van der Waals surface area (Å²) in [5, 5.41) is 38.3. The molecule has 1 aromatic carbocycles. The molecule has 0 bridgehead atoms. The highest BCUT2D eigenvalue weighted by atomic mass is 16.3. The molecule has 2 heterocycles. The fraction of sp³-hybridized carbons (Fsp3) is 0.304. The Morgan fingerprint density at radius 3 is 2.48 bits per heavy atom. The molecule has 6 nitrogen and oxygen atoms in total. The van der Waals surface area contributed by atoms with Crippen molar-refractivity contribution in [3.63, 3.8) is 0 Å². The van der Waals surface area contributed by atoms with Crippen molar-refractivity contribution in [2.45, 2.75) is 12.5 Å². The van der Waals surface area contributed by atoms with Gasteiger partial charge in [0.05, 0.1) is 49.2 Å². The lowest BCUT2D eigenvalue weighted by Gasteiger charge is -2.45. The highest BCUT2D eigenvalue weighted by Gasteiger charge is 2.59. The largest absolute Gasteiger partial charge is 0.469 e. The zero-order valence-electron chi connectivity index (χ0n) is 15.8. The van der Waals surface area contributed by atoms with Crippen LogP contribution in [0, 0.1) is 56.7 Å². The molecule has 1 saturated carbocycles. The number of fused-ring (bicyclic) bond motifs is 1. The van der Waals surface area contributed by atoms with E-state index in [-0.39, 0.29) is 11.6 Å². The van der Waals surface area contributed by atoms with Gasteiger partial charge in [-0.15, -0.1) is 0 Å². The van der Waals surface area contributed by atoms with E-state index in [4.69, 9.17) is 9.83 Å². The van der Waals surface area contributed by atoms with Gasteiger partial charge < -0.3 is 14.7 Å². The Morgan fingerprint density at radius 1 is 1.10 bits per heavy atom. The number of nitrogens with zero attached hydrogens (tertiary/aromatic N) is 3. The van der Waals surface area contributed by atoms with Gasteiger partial charge >= 0.3 is 0 Å². The fourth-order valence-corrected chi connectivity index (χ4v) is 4.76. The number of furan rings is 1. The minimum Gasteiger partial charge on any atom is -0.469 e. The maximum Gasteiger partial charge on any atom is 0.192 e. The quantitative estimate of drug-likeness (QED) is 0.792. The molecule has 2 unspecified atom stereocenters. The van der Waals surface area contributed by atoms with E-state index in [1.54, 1.807) is 12.1 Å². The molecule has 0 radical (unpaired) electrons. The van der Waals surface area contributed by atoms with Crippen LogP contribution >= 0.6 is 0 Å². The van der Waals surface area contributed by atoms with Gasteiger partial charge in [0, 0.05) is 11.5 Å². The monoisotopic (exact) mass is 382 g/mol. The molecule has 0 saturated heterocycles. The zero-order valence-corrected chi connectivity index (χ0v) is 15.8. The molecular formula is C23H20N5O+. The van der Waals surface area contributed by atoms with Gasteiger partial charge in [-0.05, 0) is 23.8 Å². The van der Waals surface area contributed by atoms with Crippen LogP contribution in [0.15, 0.2) is 64.8 Å². The van der Waals surface area contributed by atoms with Gasteiger partial charge in [0.25, 0.3) is 0 Å². The summed E-state index contributed by atoms with van der Waals surface area (Å²) >= 11 is 0. The Kier molecular flexibility index (Phi) is 4.77. The molecular weight excluding hydrogens is 362 g/mol. The van der Waals surface area contributed by atoms with Gasteiger partial charge in [0.15, 0.2) is 5.41 Å². The average Bonchev–Trinajstić information content (AvgIpc) is 3.28. The second kappa shape index (κ2) is 7.40. The first-order valence-corrected chi connectivity index (χ1v) is 9.56. The summed E-state index contributed by atoms with van der Waals surface area (Å²) in [5.74, 6) is -1.15. The van der Waals surface area contributed by atoms with E-state index in [2.05, 4.69) is 30.3 Å². The van der Waals surface area contributed by atoms with Crippen molar-refractivity contribution >= 4 is 5.71 Å². The maximum absolute atomic E-state index is 10.00. The van der Waals surface area contributed by atoms with Crippen LogP contribution in [-0.4, -0.2) is 18.8 Å². The van der Waals surface area contributed by atoms with E-state index in [1.165, 1.54) is 16.7 Å². The summed E-state index contributed by atoms with van der Waals surface area (Å²) in [6, 6.07) is 20.0. The molecule has 0 spiro atoms. The van der Waals surface area contributed by atoms with Crippen molar-refractivity contribution in [1.82, 2.24) is 0 Å². The molecule has 1 fully saturated rings. The molecule has 6 heteroatoms. The molecule has 0 amide bonds. The van der Waals surface area contributed by atoms with Crippen LogP contribution in [0.3, 0.4) is 0 Å². The zero-order chi connectivity index (χ0) is 20.4. The van der Waals surface area contributed by atoms with Crippen LogP contribution in [0.5, 0.6) is 0 Å². The summed E-state index contributed by atoms with van der Waals surface area (Å²) < 4.78 is 5.63. The standard InChI is InChI=1S/C23H19N5O/c24-11-18-17-8-9-28(12-16-5-2-1-3-6-16)13-19(17)21(20-7-4-10-29-20)23(14-25,15-26)22(18)27/h1-8,10,18-19,21,27H,9,12-13H2/p+1/t18?,19-,21-/m1/s1. The first-order chi connectivity index (χ1) is 14.1. The van der Waals surface area contributed by atoms with E-state index >= 15 is 0 Å². The van der Waals surface area contributed by atoms with Crippen molar-refractivity contribution in [2.24, 2.45) is 17.3 Å². The second-order valence-corrected chi connectivity index (χ2v) is 7.63. The van der Waals surface area contributed by atoms with Crippen molar-refractivity contribution in [2.75, 3.05) is 13.1 Å². The number of hydrogen-bond acceptors (Lipinski definition) is 5. The molecule has 2 aromatic rings. The number of quaternary nitrogens is 1. The third-order valence-electron chi connectivity index (χ3n) is 6.11. The molecule has 1 aromatic heterocycles. The summed E-state index contributed by atoms with van der Waals surface area (Å²) in [6.45, 7) is 2.22. The van der Waals surface area contributed by atoms with E-state index < -0.39 is 17.3 Å². The van der Waals surface area contributed by atoms with Crippen LogP contribution < -0.4 is 4.90 Å². The minimum absolute atomic E-state index is 0.139. The Balaban J connectivity index is 1.78. The summed E-state index contributed by atoms with van der Waals surface area (Å²) in [6.07, 6.45) is 3.55. The maximum atomic E-state index is 10.00. The smallest absolute Gasteiger partial charge is 0.192 e. The van der Waals surface area contributed by atoms with Crippen molar-refractivity contribution in [1.29, 1.82) is 21.2 Å². The van der Waals surface area contributed by atoms with Gasteiger partial charge in [0.1, 0.15) is 18.2 Å². The Labute approximate surface area is 169 Å². The van der Waals surface area contributed by atoms with Gasteiger partial charge in [-0.3, -0.25) is 0 Å². The predicted octanol–water partition coefficient (Wildman–Crippen LogP) is 2.21. The van der Waals surface area contributed by atoms with E-state index in [0.717, 1.165) is 18.7 Å². The van der Waals surface area contributed by atoms with Crippen molar-refractivity contribution in [3.8, 4) is 18.2 Å². The summed E-state index contributed by atoms with van der Waals surface area (Å²) in [5.41, 5.74) is 0.202. The summed E-state index contributed by atoms with van der Waals surface area (Å²) in [4.78, 5) is 1.29. The molecule has 2 aliphatic rings.